The molecule has 0 saturated carbocycles. The van der Waals surface area contributed by atoms with Crippen LogP contribution in [0, 0.1) is 11.7 Å². The van der Waals surface area contributed by atoms with Crippen molar-refractivity contribution < 1.29 is 13.9 Å². The molecule has 1 aromatic rings. The lowest BCUT2D eigenvalue weighted by atomic mass is 9.91. The summed E-state index contributed by atoms with van der Waals surface area (Å²) in [6.07, 6.45) is 0.770. The van der Waals surface area contributed by atoms with Crippen LogP contribution in [0.25, 0.3) is 0 Å². The molecule has 1 amide bonds. The molecule has 118 valence electrons. The van der Waals surface area contributed by atoms with Crippen LogP contribution >= 0.6 is 11.6 Å². The van der Waals surface area contributed by atoms with Gasteiger partial charge in [0.25, 0.3) is 5.91 Å². The Kier molecular flexibility index (Phi) is 6.42. The number of benzene rings is 1. The minimum atomic E-state index is -0.471. The van der Waals surface area contributed by atoms with E-state index < -0.39 is 11.4 Å². The molecular weight excluding hydrogens is 295 g/mol. The van der Waals surface area contributed by atoms with Gasteiger partial charge in [0.1, 0.15) is 11.6 Å². The maximum absolute atomic E-state index is 12.9. The van der Waals surface area contributed by atoms with Crippen molar-refractivity contribution in [2.75, 3.05) is 13.2 Å². The van der Waals surface area contributed by atoms with Crippen LogP contribution in [-0.4, -0.2) is 24.6 Å². The molecule has 1 aromatic carbocycles. The van der Waals surface area contributed by atoms with Crippen molar-refractivity contribution in [1.29, 1.82) is 0 Å². The fourth-order valence-corrected chi connectivity index (χ4v) is 2.42. The number of hydrogen-bond donors (Lipinski definition) is 2. The number of carbonyl (C=O) groups excluding carboxylic acids is 1. The van der Waals surface area contributed by atoms with E-state index in [1.165, 1.54) is 12.1 Å². The first-order valence-corrected chi connectivity index (χ1v) is 7.22. The quantitative estimate of drug-likeness (QED) is 0.813. The highest BCUT2D eigenvalue weighted by Gasteiger charge is 2.26. The number of halogens is 2. The molecule has 1 atom stereocenters. The highest BCUT2D eigenvalue weighted by atomic mass is 35.5. The number of hydrogen-bond acceptors (Lipinski definition) is 3. The summed E-state index contributed by atoms with van der Waals surface area (Å²) in [5.74, 6) is -0.0636. The van der Waals surface area contributed by atoms with Gasteiger partial charge in [-0.3, -0.25) is 4.79 Å². The fourth-order valence-electron chi connectivity index (χ4n) is 2.19. The van der Waals surface area contributed by atoms with E-state index in [9.17, 15) is 9.18 Å². The summed E-state index contributed by atoms with van der Waals surface area (Å²) in [5, 5.41) is 3.00. The molecule has 0 bridgehead atoms. The molecule has 0 saturated heterocycles. The summed E-state index contributed by atoms with van der Waals surface area (Å²) < 4.78 is 18.2. The predicted octanol–water partition coefficient (Wildman–Crippen LogP) is 2.74. The van der Waals surface area contributed by atoms with Crippen molar-refractivity contribution in [1.82, 2.24) is 5.32 Å². The second kappa shape index (κ2) is 7.61. The van der Waals surface area contributed by atoms with Crippen molar-refractivity contribution in [3.8, 4) is 5.75 Å². The summed E-state index contributed by atoms with van der Waals surface area (Å²) in [6.45, 7) is 6.17. The lowest BCUT2D eigenvalue weighted by molar-refractivity contribution is -0.125. The van der Waals surface area contributed by atoms with E-state index in [1.54, 1.807) is 0 Å². The van der Waals surface area contributed by atoms with E-state index in [1.807, 2.05) is 6.92 Å². The molecule has 0 aliphatic carbocycles. The second-order valence-electron chi connectivity index (χ2n) is 5.77. The Morgan fingerprint density at radius 1 is 1.52 bits per heavy atom. The Balaban J connectivity index is 2.57. The monoisotopic (exact) mass is 316 g/mol. The SMILES string of the molecule is CC(C)CC(C)(CN)NC(=O)COc1ccc(F)cc1Cl. The molecular formula is C15H22ClFN2O2. The number of carbonyl (C=O) groups is 1. The highest BCUT2D eigenvalue weighted by Crippen LogP contribution is 2.24. The Morgan fingerprint density at radius 3 is 2.71 bits per heavy atom. The summed E-state index contributed by atoms with van der Waals surface area (Å²) in [5.41, 5.74) is 5.26. The van der Waals surface area contributed by atoms with Crippen LogP contribution in [0.15, 0.2) is 18.2 Å². The Bertz CT molecular complexity index is 497. The molecule has 0 aliphatic heterocycles. The lowest BCUT2D eigenvalue weighted by Gasteiger charge is -2.31. The zero-order chi connectivity index (χ0) is 16.0. The molecule has 0 aromatic heterocycles. The van der Waals surface area contributed by atoms with Gasteiger partial charge in [-0.15, -0.1) is 0 Å². The molecule has 0 spiro atoms. The van der Waals surface area contributed by atoms with Gasteiger partial charge in [-0.1, -0.05) is 25.4 Å². The van der Waals surface area contributed by atoms with E-state index in [0.29, 0.717) is 12.5 Å². The third-order valence-corrected chi connectivity index (χ3v) is 3.30. The minimum Gasteiger partial charge on any atom is -0.482 e. The summed E-state index contributed by atoms with van der Waals surface area (Å²) in [4.78, 5) is 11.9. The van der Waals surface area contributed by atoms with Gasteiger partial charge in [-0.25, -0.2) is 4.39 Å². The average molecular weight is 317 g/mol. The molecule has 1 rings (SSSR count). The first-order chi connectivity index (χ1) is 9.75. The average Bonchev–Trinajstić information content (AvgIpc) is 2.36. The summed E-state index contributed by atoms with van der Waals surface area (Å²) in [6, 6.07) is 3.75. The molecule has 4 nitrogen and oxygen atoms in total. The fraction of sp³-hybridized carbons (Fsp3) is 0.533. The van der Waals surface area contributed by atoms with E-state index in [4.69, 9.17) is 22.1 Å². The zero-order valence-electron chi connectivity index (χ0n) is 12.6. The molecule has 1 unspecified atom stereocenters. The maximum Gasteiger partial charge on any atom is 0.258 e. The standard InChI is InChI=1S/C15H22ClFN2O2/c1-10(2)7-15(3,9-18)19-14(20)8-21-13-5-4-11(17)6-12(13)16/h4-6,10H,7-9,18H2,1-3H3,(H,19,20). The first kappa shape index (κ1) is 17.7. The van der Waals surface area contributed by atoms with E-state index >= 15 is 0 Å². The number of rotatable bonds is 7. The summed E-state index contributed by atoms with van der Waals surface area (Å²) >= 11 is 5.83. The lowest BCUT2D eigenvalue weighted by Crippen LogP contribution is -2.53. The molecule has 21 heavy (non-hydrogen) atoms. The van der Waals surface area contributed by atoms with Gasteiger partial charge in [0.15, 0.2) is 6.61 Å². The molecule has 3 N–H and O–H groups in total. The van der Waals surface area contributed by atoms with E-state index in [-0.39, 0.29) is 23.3 Å². The smallest absolute Gasteiger partial charge is 0.258 e. The van der Waals surface area contributed by atoms with Crippen LogP contribution in [0.1, 0.15) is 27.2 Å². The number of nitrogens with one attached hydrogen (secondary N) is 1. The molecule has 0 aliphatic rings. The van der Waals surface area contributed by atoms with Crippen molar-refractivity contribution >= 4 is 17.5 Å². The third-order valence-electron chi connectivity index (χ3n) is 3.00. The molecule has 0 fully saturated rings. The predicted molar refractivity (Wildman–Crippen MR) is 82.0 cm³/mol. The van der Waals surface area contributed by atoms with Gasteiger partial charge in [-0.2, -0.15) is 0 Å². The van der Waals surface area contributed by atoms with Crippen LogP contribution in [0.5, 0.6) is 5.75 Å². The van der Waals surface area contributed by atoms with E-state index in [0.717, 1.165) is 12.5 Å². The van der Waals surface area contributed by atoms with Crippen molar-refractivity contribution in [3.63, 3.8) is 0 Å². The van der Waals surface area contributed by atoms with Crippen LogP contribution in [0.3, 0.4) is 0 Å². The second-order valence-corrected chi connectivity index (χ2v) is 6.18. The van der Waals surface area contributed by atoms with Gasteiger partial charge < -0.3 is 15.8 Å². The van der Waals surface area contributed by atoms with Crippen LogP contribution in [0.4, 0.5) is 4.39 Å². The van der Waals surface area contributed by atoms with Crippen LogP contribution in [0.2, 0.25) is 5.02 Å². The van der Waals surface area contributed by atoms with Gasteiger partial charge in [0.2, 0.25) is 0 Å². The van der Waals surface area contributed by atoms with Gasteiger partial charge in [0.05, 0.1) is 5.02 Å². The van der Waals surface area contributed by atoms with Gasteiger partial charge in [0, 0.05) is 12.1 Å². The topological polar surface area (TPSA) is 64.3 Å². The maximum atomic E-state index is 12.9. The van der Waals surface area contributed by atoms with E-state index in [2.05, 4.69) is 19.2 Å². The van der Waals surface area contributed by atoms with Gasteiger partial charge >= 0.3 is 0 Å². The van der Waals surface area contributed by atoms with Gasteiger partial charge in [-0.05, 0) is 37.5 Å². The molecule has 0 heterocycles. The normalized spacial score (nSPS) is 13.9. The summed E-state index contributed by atoms with van der Waals surface area (Å²) in [7, 11) is 0. The Hall–Kier alpha value is -1.33. The van der Waals surface area contributed by atoms with Crippen LogP contribution in [-0.2, 0) is 4.79 Å². The zero-order valence-corrected chi connectivity index (χ0v) is 13.3. The van der Waals surface area contributed by atoms with Crippen molar-refractivity contribution in [3.05, 3.63) is 29.0 Å². The van der Waals surface area contributed by atoms with Crippen LogP contribution < -0.4 is 15.8 Å². The van der Waals surface area contributed by atoms with Crippen molar-refractivity contribution in [2.45, 2.75) is 32.7 Å². The molecule has 6 heteroatoms. The molecule has 0 radical (unpaired) electrons. The third kappa shape index (κ3) is 5.89. The van der Waals surface area contributed by atoms with Crippen molar-refractivity contribution in [2.24, 2.45) is 11.7 Å². The number of nitrogens with two attached hydrogens (primary N) is 1. The minimum absolute atomic E-state index is 0.131. The largest absolute Gasteiger partial charge is 0.482 e. The highest BCUT2D eigenvalue weighted by molar-refractivity contribution is 6.32. The first-order valence-electron chi connectivity index (χ1n) is 6.84. The Morgan fingerprint density at radius 2 is 2.19 bits per heavy atom. The Labute approximate surface area is 129 Å². The number of amides is 1. The number of ether oxygens (including phenoxy) is 1.